The summed E-state index contributed by atoms with van der Waals surface area (Å²) >= 11 is 0. The fraction of sp³-hybridized carbons (Fsp3) is 0.571. The summed E-state index contributed by atoms with van der Waals surface area (Å²) in [6.07, 6.45) is 1.50. The quantitative estimate of drug-likeness (QED) is 0.368. The molecule has 1 aromatic rings. The van der Waals surface area contributed by atoms with Gasteiger partial charge in [-0.2, -0.15) is 5.26 Å². The van der Waals surface area contributed by atoms with Crippen LogP contribution in [0.2, 0.25) is 0 Å². The lowest BCUT2D eigenvalue weighted by Gasteiger charge is -2.30. The molecule has 0 aliphatic carbocycles. The number of amides is 1. The van der Waals surface area contributed by atoms with Crippen molar-refractivity contribution in [2.24, 2.45) is 0 Å². The average molecular weight is 389 g/mol. The number of methoxy groups -OCH3 is 1. The molecule has 1 rings (SSSR count). The van der Waals surface area contributed by atoms with E-state index in [0.717, 1.165) is 17.0 Å². The molecule has 0 aromatic carbocycles. The molecule has 154 valence electrons. The number of hydrogen-bond donors (Lipinski definition) is 0. The van der Waals surface area contributed by atoms with Crippen molar-refractivity contribution < 1.29 is 19.1 Å². The zero-order valence-corrected chi connectivity index (χ0v) is 17.9. The van der Waals surface area contributed by atoms with Crippen LogP contribution >= 0.6 is 0 Å². The molecule has 0 spiro atoms. The van der Waals surface area contributed by atoms with Crippen molar-refractivity contribution in [2.45, 2.75) is 60.2 Å². The van der Waals surface area contributed by atoms with Crippen molar-refractivity contribution in [3.05, 3.63) is 28.6 Å². The summed E-state index contributed by atoms with van der Waals surface area (Å²) in [7, 11) is 1.64. The van der Waals surface area contributed by atoms with Crippen molar-refractivity contribution in [3.8, 4) is 6.07 Å². The third-order valence-corrected chi connectivity index (χ3v) is 4.50. The zero-order valence-electron chi connectivity index (χ0n) is 17.9. The Morgan fingerprint density at radius 3 is 2.36 bits per heavy atom. The molecule has 1 amide bonds. The number of ether oxygens (including phenoxy) is 2. The van der Waals surface area contributed by atoms with Crippen LogP contribution in [0.1, 0.15) is 44.6 Å². The monoisotopic (exact) mass is 389 g/mol. The minimum absolute atomic E-state index is 0.00493. The van der Waals surface area contributed by atoms with Gasteiger partial charge in [0.15, 0.2) is 6.61 Å². The first-order valence-electron chi connectivity index (χ1n) is 9.39. The third-order valence-electron chi connectivity index (χ3n) is 4.50. The summed E-state index contributed by atoms with van der Waals surface area (Å²) < 4.78 is 12.3. The van der Waals surface area contributed by atoms with Crippen LogP contribution in [-0.2, 0) is 25.6 Å². The normalized spacial score (nSPS) is 11.6. The molecule has 0 aliphatic rings. The molecule has 0 N–H and O–H groups in total. The van der Waals surface area contributed by atoms with E-state index in [1.807, 2.05) is 53.7 Å². The second kappa shape index (κ2) is 10.7. The first-order chi connectivity index (χ1) is 13.1. The maximum absolute atomic E-state index is 12.3. The van der Waals surface area contributed by atoms with Gasteiger partial charge in [-0.25, -0.2) is 4.79 Å². The molecule has 7 heteroatoms. The SMILES string of the molecule is COCCn1c(C)cc(/C=C(\C#N)C(=O)OCC(=O)N(C(C)C)C(C)C)c1C. The van der Waals surface area contributed by atoms with Crippen LogP contribution < -0.4 is 0 Å². The number of carbonyl (C=O) groups excluding carboxylic acids is 2. The van der Waals surface area contributed by atoms with Crippen molar-refractivity contribution in [1.82, 2.24) is 9.47 Å². The molecule has 0 aliphatic heterocycles. The van der Waals surface area contributed by atoms with Crippen LogP contribution in [0.3, 0.4) is 0 Å². The lowest BCUT2D eigenvalue weighted by Crippen LogP contribution is -2.44. The standard InChI is InChI=1S/C21H31N3O4/c1-14(2)24(15(3)4)20(25)13-28-21(26)19(12-22)11-18-10-16(5)23(17(18)6)8-9-27-7/h10-11,14-15H,8-9,13H2,1-7H3/b19-11+. The number of rotatable bonds is 9. The number of carbonyl (C=O) groups is 2. The second-order valence-electron chi connectivity index (χ2n) is 7.21. The van der Waals surface area contributed by atoms with Gasteiger partial charge in [-0.15, -0.1) is 0 Å². The van der Waals surface area contributed by atoms with Crippen LogP contribution in [0.4, 0.5) is 0 Å². The van der Waals surface area contributed by atoms with Crippen LogP contribution in [0.15, 0.2) is 11.6 Å². The molecule has 0 radical (unpaired) electrons. The summed E-state index contributed by atoms with van der Waals surface area (Å²) in [4.78, 5) is 26.3. The van der Waals surface area contributed by atoms with Gasteiger partial charge in [-0.3, -0.25) is 4.79 Å². The molecule has 0 saturated heterocycles. The van der Waals surface area contributed by atoms with Gasteiger partial charge in [0.2, 0.25) is 0 Å². The molecule has 1 aromatic heterocycles. The van der Waals surface area contributed by atoms with Crippen LogP contribution in [-0.4, -0.2) is 53.8 Å². The van der Waals surface area contributed by atoms with E-state index in [1.165, 1.54) is 6.08 Å². The van der Waals surface area contributed by atoms with Crippen molar-refractivity contribution in [3.63, 3.8) is 0 Å². The number of aryl methyl sites for hydroxylation is 1. The maximum Gasteiger partial charge on any atom is 0.349 e. The number of nitriles is 1. The Morgan fingerprint density at radius 1 is 1.25 bits per heavy atom. The number of aromatic nitrogens is 1. The van der Waals surface area contributed by atoms with Gasteiger partial charge in [-0.1, -0.05) is 0 Å². The number of nitrogens with zero attached hydrogens (tertiary/aromatic N) is 3. The Bertz CT molecular complexity index is 761. The Balaban J connectivity index is 2.92. The Morgan fingerprint density at radius 2 is 1.86 bits per heavy atom. The minimum Gasteiger partial charge on any atom is -0.451 e. The Kier molecular flexibility index (Phi) is 8.93. The van der Waals surface area contributed by atoms with Crippen molar-refractivity contribution in [1.29, 1.82) is 5.26 Å². The van der Waals surface area contributed by atoms with Gasteiger partial charge in [0.05, 0.1) is 6.61 Å². The van der Waals surface area contributed by atoms with Gasteiger partial charge >= 0.3 is 5.97 Å². The summed E-state index contributed by atoms with van der Waals surface area (Å²) in [5.74, 6) is -1.08. The van der Waals surface area contributed by atoms with Crippen molar-refractivity contribution in [2.75, 3.05) is 20.3 Å². The topological polar surface area (TPSA) is 84.6 Å². The van der Waals surface area contributed by atoms with E-state index in [0.29, 0.717) is 13.2 Å². The van der Waals surface area contributed by atoms with Gasteiger partial charge < -0.3 is 18.9 Å². The van der Waals surface area contributed by atoms with Crippen molar-refractivity contribution >= 4 is 18.0 Å². The first kappa shape index (κ1) is 23.4. The molecule has 1 heterocycles. The van der Waals surface area contributed by atoms with E-state index in [4.69, 9.17) is 9.47 Å². The van der Waals surface area contributed by atoms with E-state index in [9.17, 15) is 14.9 Å². The number of hydrogen-bond acceptors (Lipinski definition) is 5. The lowest BCUT2D eigenvalue weighted by molar-refractivity contribution is -0.150. The van der Waals surface area contributed by atoms with Gasteiger partial charge in [0.25, 0.3) is 5.91 Å². The van der Waals surface area contributed by atoms with E-state index in [2.05, 4.69) is 4.57 Å². The summed E-state index contributed by atoms with van der Waals surface area (Å²) in [6.45, 7) is 12.3. The van der Waals surface area contributed by atoms with E-state index in [-0.39, 0.29) is 30.2 Å². The maximum atomic E-state index is 12.3. The second-order valence-corrected chi connectivity index (χ2v) is 7.21. The molecule has 0 bridgehead atoms. The lowest BCUT2D eigenvalue weighted by atomic mass is 10.1. The van der Waals surface area contributed by atoms with Crippen LogP contribution in [0.25, 0.3) is 6.08 Å². The summed E-state index contributed by atoms with van der Waals surface area (Å²) in [5, 5.41) is 9.38. The number of esters is 1. The predicted molar refractivity (Wildman–Crippen MR) is 107 cm³/mol. The third kappa shape index (κ3) is 5.96. The van der Waals surface area contributed by atoms with E-state index in [1.54, 1.807) is 12.0 Å². The largest absolute Gasteiger partial charge is 0.451 e. The molecular weight excluding hydrogens is 358 g/mol. The fourth-order valence-corrected chi connectivity index (χ4v) is 3.24. The fourth-order valence-electron chi connectivity index (χ4n) is 3.24. The molecule has 28 heavy (non-hydrogen) atoms. The molecule has 0 fully saturated rings. The van der Waals surface area contributed by atoms with Crippen LogP contribution in [0.5, 0.6) is 0 Å². The predicted octanol–water partition coefficient (Wildman–Crippen LogP) is 2.85. The Labute approximate surface area is 167 Å². The molecular formula is C21H31N3O4. The van der Waals surface area contributed by atoms with Gasteiger partial charge in [-0.05, 0) is 59.2 Å². The zero-order chi connectivity index (χ0) is 21.4. The molecule has 0 saturated carbocycles. The Hall–Kier alpha value is -2.59. The minimum atomic E-state index is -0.801. The first-order valence-corrected chi connectivity index (χ1v) is 9.39. The van der Waals surface area contributed by atoms with Gasteiger partial charge in [0.1, 0.15) is 11.6 Å². The van der Waals surface area contributed by atoms with E-state index >= 15 is 0 Å². The van der Waals surface area contributed by atoms with Gasteiger partial charge in [0, 0.05) is 37.1 Å². The highest BCUT2D eigenvalue weighted by Gasteiger charge is 2.22. The molecule has 7 nitrogen and oxygen atoms in total. The smallest absolute Gasteiger partial charge is 0.349 e. The molecule has 0 atom stereocenters. The highest BCUT2D eigenvalue weighted by Crippen LogP contribution is 2.19. The highest BCUT2D eigenvalue weighted by atomic mass is 16.5. The molecule has 0 unspecified atom stereocenters. The average Bonchev–Trinajstić information content (AvgIpc) is 2.88. The van der Waals surface area contributed by atoms with Crippen LogP contribution in [0, 0.1) is 25.2 Å². The van der Waals surface area contributed by atoms with E-state index < -0.39 is 5.97 Å². The highest BCUT2D eigenvalue weighted by molar-refractivity contribution is 5.99. The summed E-state index contributed by atoms with van der Waals surface area (Å²) in [5.41, 5.74) is 2.56. The summed E-state index contributed by atoms with van der Waals surface area (Å²) in [6, 6.07) is 3.77.